The molecule has 3 heteroatoms. The van der Waals surface area contributed by atoms with Gasteiger partial charge >= 0.3 is 0 Å². The van der Waals surface area contributed by atoms with Crippen molar-refractivity contribution in [2.75, 3.05) is 0 Å². The third-order valence-electron chi connectivity index (χ3n) is 3.08. The van der Waals surface area contributed by atoms with Gasteiger partial charge in [-0.05, 0) is 24.1 Å². The van der Waals surface area contributed by atoms with Crippen LogP contribution in [0.15, 0.2) is 53.0 Å². The van der Waals surface area contributed by atoms with Gasteiger partial charge < -0.3 is 0 Å². The number of ketones is 1. The fraction of sp³-hybridized carbons (Fsp3) is 0.176. The number of aryl methyl sites for hydroxylation is 1. The first kappa shape index (κ1) is 15.1. The summed E-state index contributed by atoms with van der Waals surface area (Å²) in [5.41, 5.74) is 3.05. The molecule has 0 radical (unpaired) electrons. The first-order valence-corrected chi connectivity index (χ1v) is 7.61. The van der Waals surface area contributed by atoms with Crippen molar-refractivity contribution >= 4 is 38.8 Å². The summed E-state index contributed by atoms with van der Waals surface area (Å²) in [6.07, 6.45) is 0.997. The predicted molar refractivity (Wildman–Crippen MR) is 90.6 cm³/mol. The molecule has 0 aromatic heterocycles. The van der Waals surface area contributed by atoms with E-state index in [-0.39, 0.29) is 5.78 Å². The summed E-state index contributed by atoms with van der Waals surface area (Å²) in [5.74, 6) is 0.0874. The molecule has 0 atom stereocenters. The Bertz CT molecular complexity index is 635. The van der Waals surface area contributed by atoms with E-state index in [1.165, 1.54) is 5.56 Å². The molecular weight excluding hydrogens is 332 g/mol. The Hall–Kier alpha value is -1.32. The van der Waals surface area contributed by atoms with Crippen LogP contribution in [-0.4, -0.2) is 10.6 Å². The number of rotatable bonds is 5. The molecule has 0 heterocycles. The molecule has 0 fully saturated rings. The average Bonchev–Trinajstić information content (AvgIpc) is 2.44. The fourth-order valence-electron chi connectivity index (χ4n) is 2.01. The van der Waals surface area contributed by atoms with Crippen molar-refractivity contribution in [3.05, 3.63) is 69.7 Å². The van der Waals surface area contributed by atoms with Gasteiger partial charge in [-0.3, -0.25) is 4.79 Å². The van der Waals surface area contributed by atoms with Crippen molar-refractivity contribution in [1.82, 2.24) is 0 Å². The van der Waals surface area contributed by atoms with Crippen LogP contribution < -0.4 is 0 Å². The molecule has 2 rings (SSSR count). The molecule has 0 saturated carbocycles. The topological polar surface area (TPSA) is 17.1 Å². The molecule has 0 amide bonds. The molecule has 102 valence electrons. The van der Waals surface area contributed by atoms with Gasteiger partial charge in [-0.2, -0.15) is 0 Å². The van der Waals surface area contributed by atoms with Crippen molar-refractivity contribution in [1.29, 1.82) is 0 Å². The maximum atomic E-state index is 12.1. The number of thiocarbonyl (C=S) groups is 1. The van der Waals surface area contributed by atoms with Crippen molar-refractivity contribution < 1.29 is 4.79 Å². The number of hydrogen-bond acceptors (Lipinski definition) is 2. The van der Waals surface area contributed by atoms with Gasteiger partial charge in [0.15, 0.2) is 5.78 Å². The summed E-state index contributed by atoms with van der Waals surface area (Å²) in [5, 5.41) is 0. The number of benzene rings is 2. The minimum atomic E-state index is 0.0874. The van der Waals surface area contributed by atoms with E-state index in [4.69, 9.17) is 12.2 Å². The molecule has 0 saturated heterocycles. The highest BCUT2D eigenvalue weighted by molar-refractivity contribution is 9.10. The third-order valence-corrected chi connectivity index (χ3v) is 4.26. The lowest BCUT2D eigenvalue weighted by Crippen LogP contribution is -2.08. The number of Topliss-reactive ketones (excluding diaryl/α,β-unsaturated/α-hetero) is 1. The van der Waals surface area contributed by atoms with Crippen molar-refractivity contribution in [3.8, 4) is 0 Å². The van der Waals surface area contributed by atoms with Gasteiger partial charge in [0.05, 0.1) is 0 Å². The smallest absolute Gasteiger partial charge is 0.167 e. The Morgan fingerprint density at radius 3 is 2.50 bits per heavy atom. The first-order valence-electron chi connectivity index (χ1n) is 6.41. The standard InChI is InChI=1S/C17H15BrOS/c1-12-9-13(7-8-16(12)18)10-15(20)11-17(19)14-5-3-2-4-6-14/h2-9H,10-11H2,1H3. The lowest BCUT2D eigenvalue weighted by Gasteiger charge is -2.06. The van der Waals surface area contributed by atoms with E-state index in [2.05, 4.69) is 22.0 Å². The van der Waals surface area contributed by atoms with E-state index < -0.39 is 0 Å². The molecule has 0 aliphatic rings. The van der Waals surface area contributed by atoms with Crippen LogP contribution in [-0.2, 0) is 6.42 Å². The fourth-order valence-corrected chi connectivity index (χ4v) is 2.56. The van der Waals surface area contributed by atoms with Crippen LogP contribution in [0.25, 0.3) is 0 Å². The molecule has 0 bridgehead atoms. The largest absolute Gasteiger partial charge is 0.294 e. The molecule has 0 unspecified atom stereocenters. The van der Waals surface area contributed by atoms with Crippen LogP contribution in [0.3, 0.4) is 0 Å². The monoisotopic (exact) mass is 346 g/mol. The molecule has 0 N–H and O–H groups in total. The van der Waals surface area contributed by atoms with E-state index in [1.807, 2.05) is 49.4 Å². The van der Waals surface area contributed by atoms with Gasteiger partial charge in [0.1, 0.15) is 0 Å². The number of carbonyl (C=O) groups is 1. The van der Waals surface area contributed by atoms with Crippen LogP contribution in [0.2, 0.25) is 0 Å². The Morgan fingerprint density at radius 2 is 1.85 bits per heavy atom. The molecular formula is C17H15BrOS. The van der Waals surface area contributed by atoms with E-state index in [1.54, 1.807) is 0 Å². The zero-order valence-electron chi connectivity index (χ0n) is 11.2. The van der Waals surface area contributed by atoms with Gasteiger partial charge in [0.25, 0.3) is 0 Å². The van der Waals surface area contributed by atoms with Crippen molar-refractivity contribution in [2.45, 2.75) is 19.8 Å². The zero-order chi connectivity index (χ0) is 14.5. The number of hydrogen-bond donors (Lipinski definition) is 0. The van der Waals surface area contributed by atoms with E-state index >= 15 is 0 Å². The summed E-state index contributed by atoms with van der Waals surface area (Å²) in [6.45, 7) is 2.05. The van der Waals surface area contributed by atoms with Crippen LogP contribution in [0, 0.1) is 6.92 Å². The van der Waals surface area contributed by atoms with Crippen molar-refractivity contribution in [3.63, 3.8) is 0 Å². The van der Waals surface area contributed by atoms with Crippen molar-refractivity contribution in [2.24, 2.45) is 0 Å². The highest BCUT2D eigenvalue weighted by Gasteiger charge is 2.09. The first-order chi connectivity index (χ1) is 9.56. The van der Waals surface area contributed by atoms with Gasteiger partial charge in [0, 0.05) is 27.7 Å². The maximum Gasteiger partial charge on any atom is 0.167 e. The third kappa shape index (κ3) is 4.09. The summed E-state index contributed by atoms with van der Waals surface area (Å²) >= 11 is 8.84. The Balaban J connectivity index is 1.99. The summed E-state index contributed by atoms with van der Waals surface area (Å²) in [4.78, 5) is 12.8. The number of halogens is 1. The molecule has 2 aromatic rings. The molecule has 0 spiro atoms. The lowest BCUT2D eigenvalue weighted by molar-refractivity contribution is 0.100. The second-order valence-corrected chi connectivity index (χ2v) is 6.20. The molecule has 0 aliphatic carbocycles. The SMILES string of the molecule is Cc1cc(CC(=S)CC(=O)c2ccccc2)ccc1Br. The highest BCUT2D eigenvalue weighted by Crippen LogP contribution is 2.18. The summed E-state index contributed by atoms with van der Waals surface area (Å²) in [7, 11) is 0. The Kier molecular flexibility index (Phi) is 5.21. The zero-order valence-corrected chi connectivity index (χ0v) is 13.6. The average molecular weight is 347 g/mol. The molecule has 20 heavy (non-hydrogen) atoms. The number of carbonyl (C=O) groups excluding carboxylic acids is 1. The van der Waals surface area contributed by atoms with Crippen LogP contribution >= 0.6 is 28.1 Å². The molecule has 1 nitrogen and oxygen atoms in total. The second-order valence-electron chi connectivity index (χ2n) is 4.76. The van der Waals surface area contributed by atoms with Gasteiger partial charge in [-0.25, -0.2) is 0 Å². The summed E-state index contributed by atoms with van der Waals surface area (Å²) < 4.78 is 1.09. The maximum absolute atomic E-state index is 12.1. The predicted octanol–water partition coefficient (Wildman–Crippen LogP) is 4.94. The van der Waals surface area contributed by atoms with Crippen LogP contribution in [0.5, 0.6) is 0 Å². The normalized spacial score (nSPS) is 10.3. The van der Waals surface area contributed by atoms with Gasteiger partial charge in [-0.15, -0.1) is 0 Å². The minimum absolute atomic E-state index is 0.0874. The molecule has 0 aliphatic heterocycles. The summed E-state index contributed by atoms with van der Waals surface area (Å²) in [6, 6.07) is 15.5. The Morgan fingerprint density at radius 1 is 1.15 bits per heavy atom. The van der Waals surface area contributed by atoms with Gasteiger partial charge in [-0.1, -0.05) is 70.6 Å². The van der Waals surface area contributed by atoms with E-state index in [9.17, 15) is 4.79 Å². The van der Waals surface area contributed by atoms with E-state index in [0.717, 1.165) is 20.5 Å². The van der Waals surface area contributed by atoms with E-state index in [0.29, 0.717) is 12.8 Å². The van der Waals surface area contributed by atoms with Gasteiger partial charge in [0.2, 0.25) is 0 Å². The minimum Gasteiger partial charge on any atom is -0.294 e. The highest BCUT2D eigenvalue weighted by atomic mass is 79.9. The Labute approximate surface area is 133 Å². The molecule has 2 aromatic carbocycles. The van der Waals surface area contributed by atoms with Crippen LogP contribution in [0.1, 0.15) is 27.9 Å². The second kappa shape index (κ2) is 6.91. The quantitative estimate of drug-likeness (QED) is 0.563. The van der Waals surface area contributed by atoms with Crippen LogP contribution in [0.4, 0.5) is 0 Å². The lowest BCUT2D eigenvalue weighted by atomic mass is 10.0.